The van der Waals surface area contributed by atoms with Crippen molar-refractivity contribution in [1.29, 1.82) is 0 Å². The molecular weight excluding hydrogens is 242 g/mol. The number of aliphatic carboxylic acids is 1. The molecule has 0 radical (unpaired) electrons. The quantitative estimate of drug-likeness (QED) is 0.772. The Kier molecular flexibility index (Phi) is 5.79. The summed E-state index contributed by atoms with van der Waals surface area (Å²) in [6, 6.07) is 8.52. The van der Waals surface area contributed by atoms with Crippen molar-refractivity contribution in [2.45, 2.75) is 26.3 Å². The highest BCUT2D eigenvalue weighted by molar-refractivity contribution is 5.94. The van der Waals surface area contributed by atoms with Crippen molar-refractivity contribution in [3.8, 4) is 0 Å². The van der Waals surface area contributed by atoms with Gasteiger partial charge in [-0.3, -0.25) is 4.79 Å². The molecule has 4 nitrogen and oxygen atoms in total. The third-order valence-corrected chi connectivity index (χ3v) is 3.00. The van der Waals surface area contributed by atoms with E-state index in [2.05, 4.69) is 5.32 Å². The zero-order valence-corrected chi connectivity index (χ0v) is 11.2. The van der Waals surface area contributed by atoms with Crippen molar-refractivity contribution in [2.24, 2.45) is 5.92 Å². The highest BCUT2D eigenvalue weighted by Gasteiger charge is 2.24. The molecule has 0 spiro atoms. The van der Waals surface area contributed by atoms with Crippen LogP contribution in [-0.2, 0) is 9.59 Å². The van der Waals surface area contributed by atoms with Gasteiger partial charge in [0.2, 0.25) is 5.91 Å². The SMILES string of the molecule is CCC(C)[C@H](NC(=O)/C=C/c1ccccc1)C(=O)O. The fourth-order valence-electron chi connectivity index (χ4n) is 1.62. The van der Waals surface area contributed by atoms with Gasteiger partial charge in [-0.1, -0.05) is 50.6 Å². The Morgan fingerprint density at radius 3 is 2.47 bits per heavy atom. The number of hydrogen-bond acceptors (Lipinski definition) is 2. The molecule has 1 aromatic carbocycles. The summed E-state index contributed by atoms with van der Waals surface area (Å²) in [6.45, 7) is 3.70. The van der Waals surface area contributed by atoms with Crippen LogP contribution in [0.15, 0.2) is 36.4 Å². The zero-order valence-electron chi connectivity index (χ0n) is 11.2. The van der Waals surface area contributed by atoms with E-state index in [4.69, 9.17) is 5.11 Å². The number of rotatable bonds is 6. The van der Waals surface area contributed by atoms with Gasteiger partial charge >= 0.3 is 5.97 Å². The lowest BCUT2D eigenvalue weighted by Gasteiger charge is -2.19. The van der Waals surface area contributed by atoms with Gasteiger partial charge < -0.3 is 10.4 Å². The van der Waals surface area contributed by atoms with Crippen LogP contribution < -0.4 is 5.32 Å². The van der Waals surface area contributed by atoms with Crippen LogP contribution in [0.2, 0.25) is 0 Å². The lowest BCUT2D eigenvalue weighted by Crippen LogP contribution is -2.44. The highest BCUT2D eigenvalue weighted by atomic mass is 16.4. The van der Waals surface area contributed by atoms with Crippen molar-refractivity contribution in [3.05, 3.63) is 42.0 Å². The van der Waals surface area contributed by atoms with Crippen molar-refractivity contribution in [1.82, 2.24) is 5.32 Å². The van der Waals surface area contributed by atoms with Gasteiger partial charge in [0.1, 0.15) is 6.04 Å². The molecule has 0 aliphatic rings. The van der Waals surface area contributed by atoms with E-state index < -0.39 is 17.9 Å². The first-order valence-corrected chi connectivity index (χ1v) is 6.31. The molecule has 0 aromatic heterocycles. The van der Waals surface area contributed by atoms with E-state index in [1.165, 1.54) is 6.08 Å². The third-order valence-electron chi connectivity index (χ3n) is 3.00. The highest BCUT2D eigenvalue weighted by Crippen LogP contribution is 2.08. The van der Waals surface area contributed by atoms with E-state index in [9.17, 15) is 9.59 Å². The molecule has 0 fully saturated rings. The van der Waals surface area contributed by atoms with Gasteiger partial charge in [-0.2, -0.15) is 0 Å². The van der Waals surface area contributed by atoms with E-state index in [0.717, 1.165) is 5.56 Å². The maximum Gasteiger partial charge on any atom is 0.326 e. The minimum absolute atomic E-state index is 0.105. The summed E-state index contributed by atoms with van der Waals surface area (Å²) in [5.74, 6) is -1.50. The molecule has 0 heterocycles. The number of hydrogen-bond donors (Lipinski definition) is 2. The second-order valence-corrected chi connectivity index (χ2v) is 4.45. The first-order valence-electron chi connectivity index (χ1n) is 6.31. The van der Waals surface area contributed by atoms with Crippen LogP contribution in [0.5, 0.6) is 0 Å². The summed E-state index contributed by atoms with van der Waals surface area (Å²) in [5.41, 5.74) is 0.896. The molecule has 19 heavy (non-hydrogen) atoms. The molecule has 0 bridgehead atoms. The van der Waals surface area contributed by atoms with Gasteiger partial charge in [-0.15, -0.1) is 0 Å². The van der Waals surface area contributed by atoms with Gasteiger partial charge in [0, 0.05) is 6.08 Å². The molecular formula is C15H19NO3. The lowest BCUT2D eigenvalue weighted by molar-refractivity contribution is -0.142. The van der Waals surface area contributed by atoms with Crippen molar-refractivity contribution in [3.63, 3.8) is 0 Å². The fraction of sp³-hybridized carbons (Fsp3) is 0.333. The minimum Gasteiger partial charge on any atom is -0.480 e. The molecule has 1 aromatic rings. The topological polar surface area (TPSA) is 66.4 Å². The van der Waals surface area contributed by atoms with Crippen LogP contribution in [0.25, 0.3) is 6.08 Å². The zero-order chi connectivity index (χ0) is 14.3. The van der Waals surface area contributed by atoms with Gasteiger partial charge in [0.25, 0.3) is 0 Å². The Balaban J connectivity index is 2.63. The first-order chi connectivity index (χ1) is 9.04. The smallest absolute Gasteiger partial charge is 0.326 e. The van der Waals surface area contributed by atoms with Gasteiger partial charge in [-0.05, 0) is 17.6 Å². The fourth-order valence-corrected chi connectivity index (χ4v) is 1.62. The molecule has 0 saturated heterocycles. The molecule has 4 heteroatoms. The van der Waals surface area contributed by atoms with E-state index in [-0.39, 0.29) is 5.92 Å². The average molecular weight is 261 g/mol. The number of carboxylic acid groups (broad SMARTS) is 1. The molecule has 102 valence electrons. The Morgan fingerprint density at radius 2 is 1.95 bits per heavy atom. The van der Waals surface area contributed by atoms with Crippen molar-refractivity contribution >= 4 is 18.0 Å². The van der Waals surface area contributed by atoms with Crippen LogP contribution in [0.1, 0.15) is 25.8 Å². The summed E-state index contributed by atoms with van der Waals surface area (Å²) in [5, 5.41) is 11.6. The molecule has 1 amide bonds. The van der Waals surface area contributed by atoms with Crippen LogP contribution in [0, 0.1) is 5.92 Å². The molecule has 0 aliphatic heterocycles. The summed E-state index contributed by atoms with van der Waals surface area (Å²) in [6.07, 6.45) is 3.71. The maximum atomic E-state index is 11.7. The monoisotopic (exact) mass is 261 g/mol. The Hall–Kier alpha value is -2.10. The van der Waals surface area contributed by atoms with E-state index in [1.807, 2.05) is 37.3 Å². The first kappa shape index (κ1) is 15.0. The van der Waals surface area contributed by atoms with Crippen LogP contribution in [0.3, 0.4) is 0 Å². The van der Waals surface area contributed by atoms with E-state index in [0.29, 0.717) is 6.42 Å². The molecule has 1 rings (SSSR count). The summed E-state index contributed by atoms with van der Waals surface area (Å²) < 4.78 is 0. The Bertz CT molecular complexity index is 454. The van der Waals surface area contributed by atoms with Gasteiger partial charge in [-0.25, -0.2) is 4.79 Å². The largest absolute Gasteiger partial charge is 0.480 e. The summed E-state index contributed by atoms with van der Waals surface area (Å²) >= 11 is 0. The molecule has 2 atom stereocenters. The molecule has 0 aliphatic carbocycles. The predicted octanol–water partition coefficient (Wildman–Crippen LogP) is 2.32. The normalized spacial score (nSPS) is 14.0. The Labute approximate surface area is 113 Å². The van der Waals surface area contributed by atoms with Crippen molar-refractivity contribution < 1.29 is 14.7 Å². The number of carbonyl (C=O) groups is 2. The number of nitrogens with one attached hydrogen (secondary N) is 1. The van der Waals surface area contributed by atoms with E-state index >= 15 is 0 Å². The van der Waals surface area contributed by atoms with Crippen LogP contribution >= 0.6 is 0 Å². The summed E-state index contributed by atoms with van der Waals surface area (Å²) in [7, 11) is 0. The molecule has 0 saturated carbocycles. The summed E-state index contributed by atoms with van der Waals surface area (Å²) in [4.78, 5) is 22.8. The second kappa shape index (κ2) is 7.36. The average Bonchev–Trinajstić information content (AvgIpc) is 2.42. The lowest BCUT2D eigenvalue weighted by atomic mass is 9.99. The Morgan fingerprint density at radius 1 is 1.32 bits per heavy atom. The second-order valence-electron chi connectivity index (χ2n) is 4.45. The standard InChI is InChI=1S/C15H19NO3/c1-3-11(2)14(15(18)19)16-13(17)10-9-12-7-5-4-6-8-12/h4-11,14H,3H2,1-2H3,(H,16,17)(H,18,19)/b10-9+/t11?,14-/m0/s1. The third kappa shape index (κ3) is 4.95. The maximum absolute atomic E-state index is 11.7. The molecule has 2 N–H and O–H groups in total. The van der Waals surface area contributed by atoms with Crippen LogP contribution in [-0.4, -0.2) is 23.0 Å². The number of carboxylic acids is 1. The minimum atomic E-state index is -1.00. The predicted molar refractivity (Wildman–Crippen MR) is 74.5 cm³/mol. The van der Waals surface area contributed by atoms with Gasteiger partial charge in [0.15, 0.2) is 0 Å². The molecule has 1 unspecified atom stereocenters. The number of carbonyl (C=O) groups excluding carboxylic acids is 1. The number of benzene rings is 1. The van der Waals surface area contributed by atoms with E-state index in [1.54, 1.807) is 13.0 Å². The number of amides is 1. The van der Waals surface area contributed by atoms with Gasteiger partial charge in [0.05, 0.1) is 0 Å². The van der Waals surface area contributed by atoms with Crippen molar-refractivity contribution in [2.75, 3.05) is 0 Å². The van der Waals surface area contributed by atoms with Crippen LogP contribution in [0.4, 0.5) is 0 Å².